The number of benzene rings is 1. The minimum Gasteiger partial charge on any atom is -0.330 e. The molecule has 0 radical (unpaired) electrons. The van der Waals surface area contributed by atoms with E-state index in [2.05, 4.69) is 10.1 Å². The van der Waals surface area contributed by atoms with Crippen molar-refractivity contribution < 1.29 is 4.39 Å². The second kappa shape index (κ2) is 4.31. The van der Waals surface area contributed by atoms with Crippen LogP contribution in [0.1, 0.15) is 12.6 Å². The van der Waals surface area contributed by atoms with Gasteiger partial charge in [0.1, 0.15) is 5.82 Å². The van der Waals surface area contributed by atoms with Gasteiger partial charge in [-0.05, 0) is 36.8 Å². The Balaban J connectivity index is 2.36. The lowest BCUT2D eigenvalue weighted by atomic mass is 10.2. The maximum Gasteiger partial charge on any atom is 0.182 e. The number of aromatic nitrogens is 4. The minimum atomic E-state index is -0.280. The van der Waals surface area contributed by atoms with Gasteiger partial charge in [0, 0.05) is 13.2 Å². The van der Waals surface area contributed by atoms with Crippen LogP contribution < -0.4 is 0 Å². The highest BCUT2D eigenvalue weighted by Crippen LogP contribution is 2.22. The number of halogens is 1. The number of aromatic amines is 1. The van der Waals surface area contributed by atoms with Crippen molar-refractivity contribution >= 4 is 23.3 Å². The molecule has 1 aromatic carbocycles. The van der Waals surface area contributed by atoms with Gasteiger partial charge in [-0.3, -0.25) is 9.25 Å². The normalized spacial score (nSPS) is 11.3. The van der Waals surface area contributed by atoms with E-state index in [4.69, 9.17) is 12.2 Å². The molecule has 0 aliphatic heterocycles. The first-order valence-electron chi connectivity index (χ1n) is 6.03. The van der Waals surface area contributed by atoms with Crippen LogP contribution in [0.5, 0.6) is 0 Å². The Kier molecular flexibility index (Phi) is 2.74. The molecule has 98 valence electrons. The number of hydrogen-bond donors (Lipinski definition) is 1. The van der Waals surface area contributed by atoms with Crippen molar-refractivity contribution in [2.24, 2.45) is 7.05 Å². The molecule has 3 rings (SSSR count). The summed E-state index contributed by atoms with van der Waals surface area (Å²) >= 11 is 5.34. The maximum atomic E-state index is 13.2. The molecule has 0 saturated carbocycles. The van der Waals surface area contributed by atoms with Gasteiger partial charge in [-0.25, -0.2) is 4.39 Å². The largest absolute Gasteiger partial charge is 0.330 e. The van der Waals surface area contributed by atoms with Crippen molar-refractivity contribution in [3.63, 3.8) is 0 Å². The molecule has 0 fully saturated rings. The molecule has 0 amide bonds. The standard InChI is InChI=1S/C13H13FN4S/c1-3-9-12(7-17(2)16-9)18-11-5-4-8(14)6-10(11)15-13(18)19/h4-7H,3H2,1-2H3,(H,15,19). The molecule has 0 saturated heterocycles. The van der Waals surface area contributed by atoms with Crippen molar-refractivity contribution in [1.82, 2.24) is 19.3 Å². The summed E-state index contributed by atoms with van der Waals surface area (Å²) in [5, 5.41) is 4.41. The lowest BCUT2D eigenvalue weighted by molar-refractivity contribution is 0.629. The third-order valence-corrected chi connectivity index (χ3v) is 3.39. The lowest BCUT2D eigenvalue weighted by Crippen LogP contribution is -1.96. The van der Waals surface area contributed by atoms with Gasteiger partial charge in [-0.2, -0.15) is 5.10 Å². The number of fused-ring (bicyclic) bond motifs is 1. The first kappa shape index (κ1) is 12.1. The fourth-order valence-corrected chi connectivity index (χ4v) is 2.59. The smallest absolute Gasteiger partial charge is 0.182 e. The van der Waals surface area contributed by atoms with Gasteiger partial charge in [0.05, 0.1) is 22.4 Å². The van der Waals surface area contributed by atoms with Gasteiger partial charge in [0.15, 0.2) is 4.77 Å². The zero-order valence-electron chi connectivity index (χ0n) is 10.6. The van der Waals surface area contributed by atoms with E-state index >= 15 is 0 Å². The van der Waals surface area contributed by atoms with Crippen LogP contribution >= 0.6 is 12.2 Å². The quantitative estimate of drug-likeness (QED) is 0.730. The predicted octanol–water partition coefficient (Wildman–Crippen LogP) is 3.12. The third-order valence-electron chi connectivity index (χ3n) is 3.10. The molecule has 0 bridgehead atoms. The fraction of sp³-hybridized carbons (Fsp3) is 0.231. The summed E-state index contributed by atoms with van der Waals surface area (Å²) in [5.41, 5.74) is 3.45. The third kappa shape index (κ3) is 1.88. The fourth-order valence-electron chi connectivity index (χ4n) is 2.28. The topological polar surface area (TPSA) is 38.5 Å². The van der Waals surface area contributed by atoms with E-state index in [-0.39, 0.29) is 5.82 Å². The molecule has 0 aliphatic carbocycles. The Morgan fingerprint density at radius 2 is 2.21 bits per heavy atom. The minimum absolute atomic E-state index is 0.280. The van der Waals surface area contributed by atoms with E-state index in [0.29, 0.717) is 10.3 Å². The monoisotopic (exact) mass is 276 g/mol. The van der Waals surface area contributed by atoms with E-state index in [0.717, 1.165) is 23.3 Å². The van der Waals surface area contributed by atoms with E-state index in [1.54, 1.807) is 10.7 Å². The number of aryl methyl sites for hydroxylation is 2. The van der Waals surface area contributed by atoms with Crippen LogP contribution in [0.2, 0.25) is 0 Å². The van der Waals surface area contributed by atoms with Gasteiger partial charge in [-0.15, -0.1) is 0 Å². The molecule has 0 atom stereocenters. The Morgan fingerprint density at radius 1 is 1.42 bits per heavy atom. The maximum absolute atomic E-state index is 13.2. The summed E-state index contributed by atoms with van der Waals surface area (Å²) in [5.74, 6) is -0.280. The van der Waals surface area contributed by atoms with Gasteiger partial charge < -0.3 is 4.98 Å². The lowest BCUT2D eigenvalue weighted by Gasteiger charge is -2.03. The first-order valence-corrected chi connectivity index (χ1v) is 6.44. The summed E-state index contributed by atoms with van der Waals surface area (Å²) in [7, 11) is 1.88. The molecule has 0 aliphatic rings. The van der Waals surface area contributed by atoms with Gasteiger partial charge in [-0.1, -0.05) is 6.92 Å². The number of imidazole rings is 1. The van der Waals surface area contributed by atoms with Crippen molar-refractivity contribution in [2.75, 3.05) is 0 Å². The van der Waals surface area contributed by atoms with Crippen molar-refractivity contribution in [2.45, 2.75) is 13.3 Å². The second-order valence-electron chi connectivity index (χ2n) is 4.42. The molecular formula is C13H13FN4S. The van der Waals surface area contributed by atoms with Gasteiger partial charge in [0.25, 0.3) is 0 Å². The molecule has 0 unspecified atom stereocenters. The molecule has 3 aromatic rings. The van der Waals surface area contributed by atoms with Crippen LogP contribution in [0.25, 0.3) is 16.7 Å². The Bertz CT molecular complexity index is 812. The second-order valence-corrected chi connectivity index (χ2v) is 4.80. The summed E-state index contributed by atoms with van der Waals surface area (Å²) in [6.45, 7) is 2.05. The summed E-state index contributed by atoms with van der Waals surface area (Å²) in [6, 6.07) is 4.61. The number of hydrogen-bond acceptors (Lipinski definition) is 2. The van der Waals surface area contributed by atoms with Crippen LogP contribution in [-0.2, 0) is 13.5 Å². The first-order chi connectivity index (χ1) is 9.10. The summed E-state index contributed by atoms with van der Waals surface area (Å²) in [4.78, 5) is 3.03. The molecule has 19 heavy (non-hydrogen) atoms. The Hall–Kier alpha value is -1.95. The van der Waals surface area contributed by atoms with Crippen LogP contribution in [0, 0.1) is 10.6 Å². The molecule has 6 heteroatoms. The van der Waals surface area contributed by atoms with Crippen molar-refractivity contribution in [3.8, 4) is 5.69 Å². The van der Waals surface area contributed by atoms with Crippen molar-refractivity contribution in [1.29, 1.82) is 0 Å². The zero-order chi connectivity index (χ0) is 13.6. The number of H-pyrrole nitrogens is 1. The highest BCUT2D eigenvalue weighted by molar-refractivity contribution is 7.71. The van der Waals surface area contributed by atoms with E-state index in [1.165, 1.54) is 12.1 Å². The molecule has 4 nitrogen and oxygen atoms in total. The molecular weight excluding hydrogens is 263 g/mol. The average molecular weight is 276 g/mol. The Labute approximate surface area is 114 Å². The van der Waals surface area contributed by atoms with Gasteiger partial charge >= 0.3 is 0 Å². The average Bonchev–Trinajstić information content (AvgIpc) is 2.87. The van der Waals surface area contributed by atoms with E-state index < -0.39 is 0 Å². The van der Waals surface area contributed by atoms with E-state index in [1.807, 2.05) is 24.7 Å². The Morgan fingerprint density at radius 3 is 2.95 bits per heavy atom. The van der Waals surface area contributed by atoms with Gasteiger partial charge in [0.2, 0.25) is 0 Å². The van der Waals surface area contributed by atoms with Crippen LogP contribution in [-0.4, -0.2) is 19.3 Å². The van der Waals surface area contributed by atoms with Crippen LogP contribution in [0.4, 0.5) is 4.39 Å². The summed E-state index contributed by atoms with van der Waals surface area (Å²) in [6.07, 6.45) is 2.73. The zero-order valence-corrected chi connectivity index (χ0v) is 11.5. The number of nitrogens with one attached hydrogen (secondary N) is 1. The molecule has 2 heterocycles. The van der Waals surface area contributed by atoms with E-state index in [9.17, 15) is 4.39 Å². The van der Waals surface area contributed by atoms with Crippen LogP contribution in [0.15, 0.2) is 24.4 Å². The number of nitrogens with zero attached hydrogens (tertiary/aromatic N) is 3. The summed E-state index contributed by atoms with van der Waals surface area (Å²) < 4.78 is 17.5. The van der Waals surface area contributed by atoms with Crippen LogP contribution in [0.3, 0.4) is 0 Å². The molecule has 1 N–H and O–H groups in total. The van der Waals surface area contributed by atoms with Crippen molar-refractivity contribution in [3.05, 3.63) is 40.7 Å². The number of rotatable bonds is 2. The molecule has 0 spiro atoms. The highest BCUT2D eigenvalue weighted by Gasteiger charge is 2.13. The predicted molar refractivity (Wildman–Crippen MR) is 74.6 cm³/mol. The SMILES string of the molecule is CCc1nn(C)cc1-n1c(=S)[nH]c2cc(F)ccc21. The highest BCUT2D eigenvalue weighted by atomic mass is 32.1. The molecule has 2 aromatic heterocycles.